The van der Waals surface area contributed by atoms with Crippen LogP contribution in [0, 0.1) is 12.8 Å². The van der Waals surface area contributed by atoms with Crippen LogP contribution in [0.3, 0.4) is 0 Å². The number of carbonyl (C=O) groups is 1. The maximum Gasteiger partial charge on any atom is 0.257 e. The van der Waals surface area contributed by atoms with Crippen molar-refractivity contribution in [3.8, 4) is 5.82 Å². The van der Waals surface area contributed by atoms with Gasteiger partial charge in [0.2, 0.25) is 10.0 Å². The number of sulfonamides is 1. The third-order valence-corrected chi connectivity index (χ3v) is 5.24. The topological polar surface area (TPSA) is 97.2 Å². The fraction of sp³-hybridized carbons (Fsp3) is 0.471. The number of piperidine rings is 1. The van der Waals surface area contributed by atoms with E-state index in [0.717, 1.165) is 24.8 Å². The van der Waals surface area contributed by atoms with E-state index in [1.807, 2.05) is 25.1 Å². The zero-order chi connectivity index (χ0) is 18.7. The van der Waals surface area contributed by atoms with E-state index in [9.17, 15) is 13.2 Å². The smallest absolute Gasteiger partial charge is 0.257 e. The summed E-state index contributed by atoms with van der Waals surface area (Å²) in [5.74, 6) is 0.709. The van der Waals surface area contributed by atoms with Crippen LogP contribution in [-0.2, 0) is 10.0 Å². The number of hydrogen-bond donors (Lipinski definition) is 1. The van der Waals surface area contributed by atoms with E-state index in [0.29, 0.717) is 31.0 Å². The van der Waals surface area contributed by atoms with Gasteiger partial charge in [-0.25, -0.2) is 22.8 Å². The fourth-order valence-electron chi connectivity index (χ4n) is 3.19. The summed E-state index contributed by atoms with van der Waals surface area (Å²) in [6.45, 7) is 3.41. The summed E-state index contributed by atoms with van der Waals surface area (Å²) < 4.78 is 26.8. The summed E-state index contributed by atoms with van der Waals surface area (Å²) in [7, 11) is -3.22. The van der Waals surface area contributed by atoms with Crippen LogP contribution >= 0.6 is 0 Å². The molecule has 1 aliphatic heterocycles. The lowest BCUT2D eigenvalue weighted by atomic mass is 9.97. The predicted octanol–water partition coefficient (Wildman–Crippen LogP) is 0.977. The van der Waals surface area contributed by atoms with Crippen molar-refractivity contribution in [2.24, 2.45) is 5.92 Å². The molecule has 0 radical (unpaired) electrons. The van der Waals surface area contributed by atoms with E-state index in [1.54, 1.807) is 22.0 Å². The molecule has 2 aromatic heterocycles. The minimum Gasteiger partial charge on any atom is -0.338 e. The van der Waals surface area contributed by atoms with Crippen LogP contribution in [0.5, 0.6) is 0 Å². The van der Waals surface area contributed by atoms with Crippen molar-refractivity contribution in [3.63, 3.8) is 0 Å². The molecule has 1 atom stereocenters. The molecular weight excluding hydrogens is 354 g/mol. The van der Waals surface area contributed by atoms with E-state index >= 15 is 0 Å². The van der Waals surface area contributed by atoms with Gasteiger partial charge in [-0.3, -0.25) is 4.79 Å². The van der Waals surface area contributed by atoms with Gasteiger partial charge in [-0.2, -0.15) is 5.10 Å². The Hall–Kier alpha value is -2.26. The van der Waals surface area contributed by atoms with Crippen molar-refractivity contribution in [1.82, 2.24) is 24.4 Å². The summed E-state index contributed by atoms with van der Waals surface area (Å²) in [6.07, 6.45) is 6.16. The number of pyridine rings is 1. The van der Waals surface area contributed by atoms with Crippen molar-refractivity contribution < 1.29 is 13.2 Å². The summed E-state index contributed by atoms with van der Waals surface area (Å²) in [5.41, 5.74) is 1.29. The summed E-state index contributed by atoms with van der Waals surface area (Å²) in [5, 5.41) is 4.30. The molecule has 3 heterocycles. The Labute approximate surface area is 153 Å². The molecule has 1 saturated heterocycles. The summed E-state index contributed by atoms with van der Waals surface area (Å²) in [6, 6.07) is 5.53. The largest absolute Gasteiger partial charge is 0.338 e. The lowest BCUT2D eigenvalue weighted by molar-refractivity contribution is 0.0675. The van der Waals surface area contributed by atoms with E-state index in [2.05, 4.69) is 14.8 Å². The van der Waals surface area contributed by atoms with Gasteiger partial charge in [-0.1, -0.05) is 6.07 Å². The molecule has 0 spiro atoms. The van der Waals surface area contributed by atoms with Crippen LogP contribution in [0.25, 0.3) is 5.82 Å². The Morgan fingerprint density at radius 3 is 2.88 bits per heavy atom. The molecule has 9 heteroatoms. The summed E-state index contributed by atoms with van der Waals surface area (Å²) in [4.78, 5) is 19.0. The van der Waals surface area contributed by atoms with Crippen LogP contribution in [0.15, 0.2) is 30.6 Å². The lowest BCUT2D eigenvalue weighted by Gasteiger charge is -2.32. The fourth-order valence-corrected chi connectivity index (χ4v) is 3.72. The molecule has 3 rings (SSSR count). The van der Waals surface area contributed by atoms with Crippen LogP contribution in [-0.4, -0.2) is 59.9 Å². The Morgan fingerprint density at radius 2 is 2.19 bits per heavy atom. The predicted molar refractivity (Wildman–Crippen MR) is 97.6 cm³/mol. The second kappa shape index (κ2) is 7.55. The highest BCUT2D eigenvalue weighted by molar-refractivity contribution is 7.88. The van der Waals surface area contributed by atoms with E-state index in [-0.39, 0.29) is 11.8 Å². The highest BCUT2D eigenvalue weighted by Crippen LogP contribution is 2.20. The third-order valence-electron chi connectivity index (χ3n) is 4.55. The quantitative estimate of drug-likeness (QED) is 0.838. The molecule has 1 amide bonds. The molecule has 0 aromatic carbocycles. The third kappa shape index (κ3) is 4.28. The van der Waals surface area contributed by atoms with E-state index in [1.165, 1.54) is 0 Å². The normalized spacial score (nSPS) is 18.1. The molecule has 140 valence electrons. The second-order valence-corrected chi connectivity index (χ2v) is 8.46. The molecule has 1 aliphatic rings. The summed E-state index contributed by atoms with van der Waals surface area (Å²) >= 11 is 0. The minimum absolute atomic E-state index is 0.0752. The first-order valence-corrected chi connectivity index (χ1v) is 10.4. The number of nitrogens with zero attached hydrogens (tertiary/aromatic N) is 4. The van der Waals surface area contributed by atoms with Gasteiger partial charge in [0.1, 0.15) is 0 Å². The number of nitrogens with one attached hydrogen (secondary N) is 1. The highest BCUT2D eigenvalue weighted by Gasteiger charge is 2.27. The average molecular weight is 377 g/mol. The molecule has 1 unspecified atom stereocenters. The van der Waals surface area contributed by atoms with Gasteiger partial charge in [0.15, 0.2) is 5.82 Å². The zero-order valence-corrected chi connectivity index (χ0v) is 15.7. The van der Waals surface area contributed by atoms with Crippen molar-refractivity contribution >= 4 is 15.9 Å². The minimum atomic E-state index is -3.22. The Balaban J connectivity index is 1.72. The average Bonchev–Trinajstić information content (AvgIpc) is 3.01. The monoisotopic (exact) mass is 377 g/mol. The SMILES string of the molecule is Cc1c(C(=O)N2CCCC(CNS(C)(=O)=O)C2)cnn1-c1ccccn1. The molecule has 8 nitrogen and oxygen atoms in total. The number of likely N-dealkylation sites (tertiary alicyclic amines) is 1. The van der Waals surface area contributed by atoms with Gasteiger partial charge in [-0.15, -0.1) is 0 Å². The molecule has 1 fully saturated rings. The molecule has 0 aliphatic carbocycles. The molecule has 2 aromatic rings. The second-order valence-electron chi connectivity index (χ2n) is 6.62. The molecule has 0 saturated carbocycles. The molecular formula is C17H23N5O3S. The number of amides is 1. The molecule has 0 bridgehead atoms. The zero-order valence-electron chi connectivity index (χ0n) is 14.9. The van der Waals surface area contributed by atoms with Crippen molar-refractivity contribution in [3.05, 3.63) is 41.9 Å². The van der Waals surface area contributed by atoms with Gasteiger partial charge < -0.3 is 4.90 Å². The Morgan fingerprint density at radius 1 is 1.38 bits per heavy atom. The highest BCUT2D eigenvalue weighted by atomic mass is 32.2. The van der Waals surface area contributed by atoms with Crippen molar-refractivity contribution in [2.45, 2.75) is 19.8 Å². The number of hydrogen-bond acceptors (Lipinski definition) is 5. The van der Waals surface area contributed by atoms with Gasteiger partial charge in [0.25, 0.3) is 5.91 Å². The van der Waals surface area contributed by atoms with Crippen molar-refractivity contribution in [1.29, 1.82) is 0 Å². The standard InChI is InChI=1S/C17H23N5O3S/c1-13-15(11-19-22(13)16-7-3-4-8-18-16)17(23)21-9-5-6-14(12-21)10-20-26(2,24)25/h3-4,7-8,11,14,20H,5-6,9-10,12H2,1-2H3. The van der Waals surface area contributed by atoms with E-state index in [4.69, 9.17) is 0 Å². The lowest BCUT2D eigenvalue weighted by Crippen LogP contribution is -2.43. The first-order valence-electron chi connectivity index (χ1n) is 8.55. The maximum absolute atomic E-state index is 12.9. The van der Waals surface area contributed by atoms with E-state index < -0.39 is 10.0 Å². The van der Waals surface area contributed by atoms with Gasteiger partial charge in [0.05, 0.1) is 23.7 Å². The Kier molecular flexibility index (Phi) is 5.38. The maximum atomic E-state index is 12.9. The van der Waals surface area contributed by atoms with Crippen LogP contribution < -0.4 is 4.72 Å². The number of carbonyl (C=O) groups excluding carboxylic acids is 1. The van der Waals surface area contributed by atoms with Gasteiger partial charge in [0, 0.05) is 25.8 Å². The van der Waals surface area contributed by atoms with Crippen LogP contribution in [0.2, 0.25) is 0 Å². The number of aromatic nitrogens is 3. The molecule has 26 heavy (non-hydrogen) atoms. The Bertz CT molecular complexity index is 879. The first kappa shape index (κ1) is 18.5. The first-order chi connectivity index (χ1) is 12.3. The van der Waals surface area contributed by atoms with Crippen molar-refractivity contribution in [2.75, 3.05) is 25.9 Å². The van der Waals surface area contributed by atoms with Gasteiger partial charge >= 0.3 is 0 Å². The van der Waals surface area contributed by atoms with Crippen LogP contribution in [0.1, 0.15) is 28.9 Å². The number of rotatable bonds is 5. The molecule has 1 N–H and O–H groups in total. The van der Waals surface area contributed by atoms with Gasteiger partial charge in [-0.05, 0) is 37.8 Å². The van der Waals surface area contributed by atoms with Crippen LogP contribution in [0.4, 0.5) is 0 Å².